The average Bonchev–Trinajstić information content (AvgIpc) is 2.43. The Morgan fingerprint density at radius 1 is 0.800 bits per heavy atom. The second-order valence-corrected chi connectivity index (χ2v) is 5.11. The van der Waals surface area contributed by atoms with Gasteiger partial charge in [-0.3, -0.25) is 4.79 Å². The number of aliphatic carboxylic acids is 1. The molecular formula is C18H28O2. The summed E-state index contributed by atoms with van der Waals surface area (Å²) < 4.78 is 0. The lowest BCUT2D eigenvalue weighted by Gasteiger charge is -2.00. The van der Waals surface area contributed by atoms with Crippen molar-refractivity contribution in [2.75, 3.05) is 0 Å². The standard InChI is InChI=1S/C18H28O2/c1-2-3-4-5-6-7-8-9-10-11-12-13-14-15-16-17-18(19)20/h2-12,17H2,1H3,(H,19,20). The van der Waals surface area contributed by atoms with Gasteiger partial charge in [0.1, 0.15) is 6.42 Å². The molecule has 2 heteroatoms. The van der Waals surface area contributed by atoms with Gasteiger partial charge in [-0.25, -0.2) is 0 Å². The fraction of sp³-hybridized carbons (Fsp3) is 0.722. The maximum Gasteiger partial charge on any atom is 0.315 e. The zero-order valence-electron chi connectivity index (χ0n) is 12.8. The first kappa shape index (κ1) is 18.6. The first-order chi connectivity index (χ1) is 9.77. The molecule has 112 valence electrons. The Kier molecular flexibility index (Phi) is 14.5. The predicted molar refractivity (Wildman–Crippen MR) is 84.3 cm³/mol. The van der Waals surface area contributed by atoms with E-state index in [1.165, 1.54) is 57.8 Å². The quantitative estimate of drug-likeness (QED) is 0.435. The summed E-state index contributed by atoms with van der Waals surface area (Å²) in [5, 5.41) is 8.37. The maximum absolute atomic E-state index is 10.2. The molecule has 0 aromatic rings. The van der Waals surface area contributed by atoms with Gasteiger partial charge >= 0.3 is 5.97 Å². The number of carboxylic acid groups (broad SMARTS) is 1. The molecule has 2 nitrogen and oxygen atoms in total. The normalized spacial score (nSPS) is 9.25. The third-order valence-electron chi connectivity index (χ3n) is 3.13. The first-order valence-corrected chi connectivity index (χ1v) is 7.95. The molecule has 0 saturated heterocycles. The highest BCUT2D eigenvalue weighted by Gasteiger charge is 1.91. The third-order valence-corrected chi connectivity index (χ3v) is 3.13. The Bertz CT molecular complexity index is 349. The molecule has 0 aliphatic heterocycles. The van der Waals surface area contributed by atoms with E-state index in [9.17, 15) is 4.79 Å². The minimum Gasteiger partial charge on any atom is -0.481 e. The largest absolute Gasteiger partial charge is 0.481 e. The molecule has 0 aliphatic carbocycles. The molecule has 0 bridgehead atoms. The fourth-order valence-electron chi connectivity index (χ4n) is 1.97. The van der Waals surface area contributed by atoms with E-state index >= 15 is 0 Å². The van der Waals surface area contributed by atoms with Gasteiger partial charge in [0.05, 0.1) is 0 Å². The fourth-order valence-corrected chi connectivity index (χ4v) is 1.97. The van der Waals surface area contributed by atoms with Crippen molar-refractivity contribution >= 4 is 5.97 Å². The minimum absolute atomic E-state index is 0.118. The van der Waals surface area contributed by atoms with Crippen molar-refractivity contribution in [3.63, 3.8) is 0 Å². The molecule has 0 radical (unpaired) electrons. The van der Waals surface area contributed by atoms with Crippen LogP contribution in [0.1, 0.15) is 84.0 Å². The molecule has 0 rings (SSSR count). The number of unbranched alkanes of at least 4 members (excludes halogenated alkanes) is 10. The summed E-state index contributed by atoms with van der Waals surface area (Å²) in [5.74, 6) is 9.83. The zero-order valence-corrected chi connectivity index (χ0v) is 12.8. The van der Waals surface area contributed by atoms with E-state index in [2.05, 4.69) is 30.6 Å². The van der Waals surface area contributed by atoms with E-state index in [0.29, 0.717) is 0 Å². The summed E-state index contributed by atoms with van der Waals surface area (Å²) in [5.41, 5.74) is 0. The second-order valence-electron chi connectivity index (χ2n) is 5.11. The molecule has 0 saturated carbocycles. The predicted octanol–water partition coefficient (Wildman–Crippen LogP) is 4.78. The monoisotopic (exact) mass is 276 g/mol. The zero-order chi connectivity index (χ0) is 14.9. The van der Waals surface area contributed by atoms with Crippen LogP contribution in [0.5, 0.6) is 0 Å². The summed E-state index contributed by atoms with van der Waals surface area (Å²) in [7, 11) is 0. The lowest BCUT2D eigenvalue weighted by molar-refractivity contribution is -0.135. The van der Waals surface area contributed by atoms with Crippen LogP contribution >= 0.6 is 0 Å². The van der Waals surface area contributed by atoms with Crippen LogP contribution in [0.3, 0.4) is 0 Å². The molecule has 1 N–H and O–H groups in total. The van der Waals surface area contributed by atoms with Crippen molar-refractivity contribution in [2.24, 2.45) is 0 Å². The van der Waals surface area contributed by atoms with Gasteiger partial charge in [0, 0.05) is 6.42 Å². The number of rotatable bonds is 11. The number of hydrogen-bond donors (Lipinski definition) is 1. The van der Waals surface area contributed by atoms with Crippen LogP contribution in [0, 0.1) is 23.7 Å². The SMILES string of the molecule is CCCCCCCCCCCCC#CC#CCC(=O)O. The third kappa shape index (κ3) is 16.6. The lowest BCUT2D eigenvalue weighted by atomic mass is 10.1. The topological polar surface area (TPSA) is 37.3 Å². The molecular weight excluding hydrogens is 248 g/mol. The van der Waals surface area contributed by atoms with Crippen LogP contribution in [-0.4, -0.2) is 11.1 Å². The molecule has 0 heterocycles. The first-order valence-electron chi connectivity index (χ1n) is 7.95. The number of carboxylic acids is 1. The van der Waals surface area contributed by atoms with Gasteiger partial charge in [0.25, 0.3) is 0 Å². The molecule has 0 spiro atoms. The lowest BCUT2D eigenvalue weighted by Crippen LogP contribution is -1.89. The van der Waals surface area contributed by atoms with Crippen molar-refractivity contribution in [1.29, 1.82) is 0 Å². The summed E-state index contributed by atoms with van der Waals surface area (Å²) >= 11 is 0. The van der Waals surface area contributed by atoms with Crippen molar-refractivity contribution in [2.45, 2.75) is 84.0 Å². The van der Waals surface area contributed by atoms with E-state index in [0.717, 1.165) is 12.8 Å². The van der Waals surface area contributed by atoms with Gasteiger partial charge in [0.15, 0.2) is 0 Å². The van der Waals surface area contributed by atoms with Crippen LogP contribution < -0.4 is 0 Å². The number of hydrogen-bond acceptors (Lipinski definition) is 1. The molecule has 0 aliphatic rings. The summed E-state index contributed by atoms with van der Waals surface area (Å²) in [6.45, 7) is 2.25. The highest BCUT2D eigenvalue weighted by atomic mass is 16.4. The van der Waals surface area contributed by atoms with Crippen LogP contribution in [0.25, 0.3) is 0 Å². The second kappa shape index (κ2) is 15.6. The summed E-state index contributed by atoms with van der Waals surface area (Å²) in [4.78, 5) is 10.2. The van der Waals surface area contributed by atoms with Crippen LogP contribution in [0.2, 0.25) is 0 Å². The molecule has 20 heavy (non-hydrogen) atoms. The van der Waals surface area contributed by atoms with Crippen molar-refractivity contribution in [3.05, 3.63) is 0 Å². The Labute approximate surface area is 124 Å². The molecule has 0 amide bonds. The van der Waals surface area contributed by atoms with Gasteiger partial charge in [-0.15, -0.1) is 0 Å². The van der Waals surface area contributed by atoms with Gasteiger partial charge in [0.2, 0.25) is 0 Å². The van der Waals surface area contributed by atoms with Crippen molar-refractivity contribution in [1.82, 2.24) is 0 Å². The molecule has 0 aromatic carbocycles. The Balaban J connectivity index is 3.22. The average molecular weight is 276 g/mol. The van der Waals surface area contributed by atoms with Gasteiger partial charge in [-0.05, 0) is 18.3 Å². The van der Waals surface area contributed by atoms with E-state index in [1.54, 1.807) is 0 Å². The summed E-state index contributed by atoms with van der Waals surface area (Å²) in [6.07, 6.45) is 14.0. The Morgan fingerprint density at radius 2 is 1.30 bits per heavy atom. The summed E-state index contributed by atoms with van der Waals surface area (Å²) in [6, 6.07) is 0. The van der Waals surface area contributed by atoms with Crippen LogP contribution in [-0.2, 0) is 4.79 Å². The smallest absolute Gasteiger partial charge is 0.315 e. The minimum atomic E-state index is -0.894. The van der Waals surface area contributed by atoms with Crippen molar-refractivity contribution in [3.8, 4) is 23.7 Å². The number of carbonyl (C=O) groups is 1. The van der Waals surface area contributed by atoms with Crippen molar-refractivity contribution < 1.29 is 9.90 Å². The Hall–Kier alpha value is -1.41. The van der Waals surface area contributed by atoms with Crippen LogP contribution in [0.4, 0.5) is 0 Å². The molecule has 0 unspecified atom stereocenters. The molecule has 0 aromatic heterocycles. The maximum atomic E-state index is 10.2. The molecule has 0 fully saturated rings. The highest BCUT2D eigenvalue weighted by molar-refractivity contribution is 5.70. The Morgan fingerprint density at radius 3 is 1.85 bits per heavy atom. The van der Waals surface area contributed by atoms with Crippen LogP contribution in [0.15, 0.2) is 0 Å². The highest BCUT2D eigenvalue weighted by Crippen LogP contribution is 2.10. The van der Waals surface area contributed by atoms with E-state index < -0.39 is 5.97 Å². The van der Waals surface area contributed by atoms with E-state index in [4.69, 9.17) is 5.11 Å². The van der Waals surface area contributed by atoms with E-state index in [-0.39, 0.29) is 6.42 Å². The van der Waals surface area contributed by atoms with Gasteiger partial charge < -0.3 is 5.11 Å². The van der Waals surface area contributed by atoms with Gasteiger partial charge in [-0.1, -0.05) is 76.6 Å². The van der Waals surface area contributed by atoms with Gasteiger partial charge in [-0.2, -0.15) is 0 Å². The van der Waals surface area contributed by atoms with E-state index in [1.807, 2.05) is 0 Å². The molecule has 0 atom stereocenters.